The van der Waals surface area contributed by atoms with E-state index in [1.807, 2.05) is 6.07 Å². The molecule has 0 aromatic heterocycles. The minimum atomic E-state index is -0.882. The van der Waals surface area contributed by atoms with Crippen molar-refractivity contribution in [1.29, 1.82) is 0 Å². The van der Waals surface area contributed by atoms with Crippen molar-refractivity contribution in [1.82, 2.24) is 5.32 Å². The van der Waals surface area contributed by atoms with Gasteiger partial charge in [0.05, 0.1) is 5.56 Å². The zero-order valence-electron chi connectivity index (χ0n) is 9.37. The first-order chi connectivity index (χ1) is 6.88. The second-order valence-electron chi connectivity index (χ2n) is 4.61. The Kier molecular flexibility index (Phi) is 3.48. The molecule has 2 N–H and O–H groups in total. The van der Waals surface area contributed by atoms with Crippen LogP contribution in [-0.4, -0.2) is 16.6 Å². The maximum atomic E-state index is 10.7. The summed E-state index contributed by atoms with van der Waals surface area (Å²) in [4.78, 5) is 10.7. The maximum Gasteiger partial charge on any atom is 0.335 e. The summed E-state index contributed by atoms with van der Waals surface area (Å²) in [5, 5.41) is 12.1. The fourth-order valence-electron chi connectivity index (χ4n) is 1.18. The SMILES string of the molecule is CC(C)(C)NCc1cccc(C(=O)O)c1. The van der Waals surface area contributed by atoms with Gasteiger partial charge in [0, 0.05) is 12.1 Å². The average Bonchev–Trinajstić information content (AvgIpc) is 2.14. The molecule has 0 atom stereocenters. The number of carbonyl (C=O) groups is 1. The summed E-state index contributed by atoms with van der Waals surface area (Å²) in [6, 6.07) is 6.98. The number of benzene rings is 1. The lowest BCUT2D eigenvalue weighted by Gasteiger charge is -2.20. The van der Waals surface area contributed by atoms with Crippen molar-refractivity contribution < 1.29 is 9.90 Å². The van der Waals surface area contributed by atoms with Gasteiger partial charge in [0.15, 0.2) is 0 Å². The van der Waals surface area contributed by atoms with Gasteiger partial charge in [-0.05, 0) is 38.5 Å². The molecule has 0 unspecified atom stereocenters. The summed E-state index contributed by atoms with van der Waals surface area (Å²) in [5.74, 6) is -0.882. The number of hydrogen-bond acceptors (Lipinski definition) is 2. The molecule has 82 valence electrons. The van der Waals surface area contributed by atoms with Gasteiger partial charge in [-0.25, -0.2) is 4.79 Å². The summed E-state index contributed by atoms with van der Waals surface area (Å²) >= 11 is 0. The molecule has 0 bridgehead atoms. The average molecular weight is 207 g/mol. The van der Waals surface area contributed by atoms with E-state index in [0.29, 0.717) is 12.1 Å². The predicted molar refractivity (Wildman–Crippen MR) is 60.0 cm³/mol. The van der Waals surface area contributed by atoms with Gasteiger partial charge >= 0.3 is 5.97 Å². The molecule has 0 fully saturated rings. The van der Waals surface area contributed by atoms with Crippen molar-refractivity contribution in [2.24, 2.45) is 0 Å². The van der Waals surface area contributed by atoms with Crippen LogP contribution in [0.4, 0.5) is 0 Å². The van der Waals surface area contributed by atoms with E-state index in [1.165, 1.54) is 0 Å². The molecule has 0 saturated carbocycles. The van der Waals surface area contributed by atoms with Crippen LogP contribution >= 0.6 is 0 Å². The summed E-state index contributed by atoms with van der Waals surface area (Å²) in [5.41, 5.74) is 1.37. The number of hydrogen-bond donors (Lipinski definition) is 2. The molecule has 0 amide bonds. The molecule has 3 heteroatoms. The minimum absolute atomic E-state index is 0.0409. The van der Waals surface area contributed by atoms with Crippen molar-refractivity contribution >= 4 is 5.97 Å². The van der Waals surface area contributed by atoms with Crippen LogP contribution < -0.4 is 5.32 Å². The van der Waals surface area contributed by atoms with Gasteiger partial charge in [0.1, 0.15) is 0 Å². The second kappa shape index (κ2) is 4.45. The lowest BCUT2D eigenvalue weighted by atomic mass is 10.1. The van der Waals surface area contributed by atoms with E-state index in [9.17, 15) is 4.79 Å². The monoisotopic (exact) mass is 207 g/mol. The third-order valence-electron chi connectivity index (χ3n) is 2.00. The van der Waals surface area contributed by atoms with Gasteiger partial charge in [-0.3, -0.25) is 0 Å². The number of carboxylic acid groups (broad SMARTS) is 1. The van der Waals surface area contributed by atoms with Crippen molar-refractivity contribution in [2.75, 3.05) is 0 Å². The molecule has 0 aliphatic heterocycles. The topological polar surface area (TPSA) is 49.3 Å². The Morgan fingerprint density at radius 2 is 2.07 bits per heavy atom. The van der Waals surface area contributed by atoms with Crippen molar-refractivity contribution in [3.63, 3.8) is 0 Å². The first kappa shape index (κ1) is 11.7. The second-order valence-corrected chi connectivity index (χ2v) is 4.61. The lowest BCUT2D eigenvalue weighted by molar-refractivity contribution is 0.0697. The molecule has 0 aliphatic rings. The van der Waals surface area contributed by atoms with Gasteiger partial charge < -0.3 is 10.4 Å². The van der Waals surface area contributed by atoms with Gasteiger partial charge in [-0.15, -0.1) is 0 Å². The zero-order valence-corrected chi connectivity index (χ0v) is 9.37. The molecule has 0 aliphatic carbocycles. The molecule has 1 aromatic carbocycles. The van der Waals surface area contributed by atoms with Crippen LogP contribution in [0.3, 0.4) is 0 Å². The first-order valence-corrected chi connectivity index (χ1v) is 4.96. The lowest BCUT2D eigenvalue weighted by Crippen LogP contribution is -2.35. The molecule has 1 aromatic rings. The van der Waals surface area contributed by atoms with Crippen LogP contribution in [0.1, 0.15) is 36.7 Å². The first-order valence-electron chi connectivity index (χ1n) is 4.96. The predicted octanol–water partition coefficient (Wildman–Crippen LogP) is 2.27. The summed E-state index contributed by atoms with van der Waals surface area (Å²) in [7, 11) is 0. The van der Waals surface area contributed by atoms with Crippen LogP contribution in [0.25, 0.3) is 0 Å². The van der Waals surface area contributed by atoms with E-state index in [4.69, 9.17) is 5.11 Å². The number of rotatable bonds is 3. The van der Waals surface area contributed by atoms with E-state index >= 15 is 0 Å². The van der Waals surface area contributed by atoms with Crippen molar-refractivity contribution in [2.45, 2.75) is 32.9 Å². The molecule has 0 spiro atoms. The van der Waals surface area contributed by atoms with Crippen LogP contribution in [-0.2, 0) is 6.54 Å². The maximum absolute atomic E-state index is 10.7. The third kappa shape index (κ3) is 4.13. The number of carboxylic acids is 1. The molecular weight excluding hydrogens is 190 g/mol. The standard InChI is InChI=1S/C12H17NO2/c1-12(2,3)13-8-9-5-4-6-10(7-9)11(14)15/h4-7,13H,8H2,1-3H3,(H,14,15). The summed E-state index contributed by atoms with van der Waals surface area (Å²) in [6.07, 6.45) is 0. The normalized spacial score (nSPS) is 11.4. The largest absolute Gasteiger partial charge is 0.478 e. The molecule has 15 heavy (non-hydrogen) atoms. The Bertz CT molecular complexity index is 353. The Hall–Kier alpha value is -1.35. The Morgan fingerprint density at radius 3 is 2.60 bits per heavy atom. The van der Waals surface area contributed by atoms with Crippen LogP contribution in [0.5, 0.6) is 0 Å². The van der Waals surface area contributed by atoms with E-state index in [2.05, 4.69) is 26.1 Å². The number of aromatic carboxylic acids is 1. The molecule has 0 saturated heterocycles. The molecule has 0 heterocycles. The van der Waals surface area contributed by atoms with E-state index < -0.39 is 5.97 Å². The van der Waals surface area contributed by atoms with E-state index in [-0.39, 0.29) is 5.54 Å². The Labute approximate surface area is 90.1 Å². The summed E-state index contributed by atoms with van der Waals surface area (Å²) in [6.45, 7) is 6.92. The number of nitrogens with one attached hydrogen (secondary N) is 1. The molecule has 0 radical (unpaired) electrons. The quantitative estimate of drug-likeness (QED) is 0.799. The van der Waals surface area contributed by atoms with Gasteiger partial charge in [0.2, 0.25) is 0 Å². The highest BCUT2D eigenvalue weighted by Crippen LogP contribution is 2.07. The smallest absolute Gasteiger partial charge is 0.335 e. The van der Waals surface area contributed by atoms with Gasteiger partial charge in [0.25, 0.3) is 0 Å². The van der Waals surface area contributed by atoms with Gasteiger partial charge in [-0.1, -0.05) is 12.1 Å². The molecular formula is C12H17NO2. The van der Waals surface area contributed by atoms with E-state index in [1.54, 1.807) is 18.2 Å². The Balaban J connectivity index is 2.70. The highest BCUT2D eigenvalue weighted by atomic mass is 16.4. The zero-order chi connectivity index (χ0) is 11.5. The van der Waals surface area contributed by atoms with Crippen molar-refractivity contribution in [3.8, 4) is 0 Å². The molecule has 3 nitrogen and oxygen atoms in total. The molecule has 1 rings (SSSR count). The van der Waals surface area contributed by atoms with Crippen molar-refractivity contribution in [3.05, 3.63) is 35.4 Å². The highest BCUT2D eigenvalue weighted by molar-refractivity contribution is 5.87. The Morgan fingerprint density at radius 1 is 1.40 bits per heavy atom. The van der Waals surface area contributed by atoms with Crippen LogP contribution in [0.2, 0.25) is 0 Å². The fourth-order valence-corrected chi connectivity index (χ4v) is 1.18. The third-order valence-corrected chi connectivity index (χ3v) is 2.00. The van der Waals surface area contributed by atoms with Crippen LogP contribution in [0.15, 0.2) is 24.3 Å². The van der Waals surface area contributed by atoms with Gasteiger partial charge in [-0.2, -0.15) is 0 Å². The van der Waals surface area contributed by atoms with Crippen LogP contribution in [0, 0.1) is 0 Å². The minimum Gasteiger partial charge on any atom is -0.478 e. The fraction of sp³-hybridized carbons (Fsp3) is 0.417. The van der Waals surface area contributed by atoms with E-state index in [0.717, 1.165) is 5.56 Å². The highest BCUT2D eigenvalue weighted by Gasteiger charge is 2.09. The summed E-state index contributed by atoms with van der Waals surface area (Å²) < 4.78 is 0.